The van der Waals surface area contributed by atoms with E-state index in [9.17, 15) is 13.2 Å². The van der Waals surface area contributed by atoms with E-state index in [1.807, 2.05) is 54.3 Å². The number of para-hydroxylation sites is 1. The molecular weight excluding hydrogens is 552 g/mol. The lowest BCUT2D eigenvalue weighted by molar-refractivity contribution is 0.0979. The number of anilines is 2. The van der Waals surface area contributed by atoms with E-state index in [1.165, 1.54) is 4.31 Å². The van der Waals surface area contributed by atoms with Gasteiger partial charge in [-0.2, -0.15) is 4.31 Å². The van der Waals surface area contributed by atoms with Crippen molar-refractivity contribution in [3.8, 4) is 0 Å². The van der Waals surface area contributed by atoms with Gasteiger partial charge in [0, 0.05) is 31.7 Å². The summed E-state index contributed by atoms with van der Waals surface area (Å²) in [7, 11) is -3.59. The first-order valence-corrected chi connectivity index (χ1v) is 14.7. The second kappa shape index (κ2) is 11.3. The number of hydrogen-bond acceptors (Lipinski definition) is 5. The first-order chi connectivity index (χ1) is 18.7. The second-order valence-corrected chi connectivity index (χ2v) is 12.0. The van der Waals surface area contributed by atoms with Crippen molar-refractivity contribution in [2.24, 2.45) is 0 Å². The zero-order valence-corrected chi connectivity index (χ0v) is 23.6. The van der Waals surface area contributed by atoms with E-state index in [0.717, 1.165) is 16.3 Å². The van der Waals surface area contributed by atoms with E-state index in [1.54, 1.807) is 42.5 Å². The van der Waals surface area contributed by atoms with Crippen LogP contribution in [0.25, 0.3) is 10.8 Å². The molecule has 1 saturated heterocycles. The number of carbonyl (C=O) groups is 1. The number of nitrogens with zero attached hydrogens (tertiary/aromatic N) is 2. The molecule has 1 aliphatic rings. The molecular formula is C29H27ClN4O3S2. The van der Waals surface area contributed by atoms with Crippen molar-refractivity contribution >= 4 is 67.0 Å². The maximum absolute atomic E-state index is 13.1. The number of hydrogen-bond donors (Lipinski definition) is 2. The van der Waals surface area contributed by atoms with Crippen molar-refractivity contribution < 1.29 is 13.2 Å². The lowest BCUT2D eigenvalue weighted by Gasteiger charge is -2.36. The third-order valence-electron chi connectivity index (χ3n) is 6.71. The lowest BCUT2D eigenvalue weighted by atomic mass is 10.0. The Morgan fingerprint density at radius 1 is 0.872 bits per heavy atom. The second-order valence-electron chi connectivity index (χ2n) is 9.28. The Balaban J connectivity index is 1.29. The molecule has 1 heterocycles. The molecule has 1 aliphatic heterocycles. The zero-order chi connectivity index (χ0) is 27.6. The molecule has 2 N–H and O–H groups in total. The average molecular weight is 579 g/mol. The highest BCUT2D eigenvalue weighted by molar-refractivity contribution is 7.89. The van der Waals surface area contributed by atoms with Gasteiger partial charge in [0.05, 0.1) is 21.3 Å². The lowest BCUT2D eigenvalue weighted by Crippen LogP contribution is -2.49. The van der Waals surface area contributed by atoms with E-state index >= 15 is 0 Å². The molecule has 7 nitrogen and oxygen atoms in total. The molecule has 39 heavy (non-hydrogen) atoms. The Bertz CT molecular complexity index is 1650. The van der Waals surface area contributed by atoms with E-state index in [4.69, 9.17) is 23.8 Å². The van der Waals surface area contributed by atoms with E-state index in [0.29, 0.717) is 48.1 Å². The Labute approximate surface area is 238 Å². The van der Waals surface area contributed by atoms with Gasteiger partial charge in [0.25, 0.3) is 5.91 Å². The fraction of sp³-hybridized carbons (Fsp3) is 0.172. The number of sulfonamides is 1. The van der Waals surface area contributed by atoms with E-state index < -0.39 is 10.0 Å². The van der Waals surface area contributed by atoms with Crippen molar-refractivity contribution in [2.45, 2.75) is 11.8 Å². The normalized spacial score (nSPS) is 14.3. The van der Waals surface area contributed by atoms with Gasteiger partial charge in [-0.1, -0.05) is 71.8 Å². The molecule has 10 heteroatoms. The van der Waals surface area contributed by atoms with Crippen LogP contribution in [0.4, 0.5) is 11.4 Å². The van der Waals surface area contributed by atoms with Gasteiger partial charge in [0.15, 0.2) is 5.11 Å². The van der Waals surface area contributed by atoms with Crippen molar-refractivity contribution in [1.29, 1.82) is 0 Å². The summed E-state index contributed by atoms with van der Waals surface area (Å²) >= 11 is 12.1. The largest absolute Gasteiger partial charge is 0.366 e. The molecule has 0 aromatic heterocycles. The monoisotopic (exact) mass is 578 g/mol. The molecule has 4 aromatic carbocycles. The number of aryl methyl sites for hydroxylation is 1. The van der Waals surface area contributed by atoms with Gasteiger partial charge in [-0.25, -0.2) is 8.42 Å². The highest BCUT2D eigenvalue weighted by Gasteiger charge is 2.30. The first-order valence-electron chi connectivity index (χ1n) is 12.4. The van der Waals surface area contributed by atoms with Crippen LogP contribution in [0.5, 0.6) is 0 Å². The van der Waals surface area contributed by atoms with E-state index in [-0.39, 0.29) is 15.9 Å². The van der Waals surface area contributed by atoms with Gasteiger partial charge in [0.2, 0.25) is 10.0 Å². The van der Waals surface area contributed by atoms with Crippen LogP contribution in [0.15, 0.2) is 89.8 Å². The Morgan fingerprint density at radius 3 is 2.28 bits per heavy atom. The average Bonchev–Trinajstić information content (AvgIpc) is 2.93. The van der Waals surface area contributed by atoms with Crippen LogP contribution in [-0.4, -0.2) is 49.9 Å². The summed E-state index contributed by atoms with van der Waals surface area (Å²) in [5.41, 5.74) is 2.85. The van der Waals surface area contributed by atoms with Crippen LogP contribution in [0.2, 0.25) is 5.02 Å². The number of rotatable bonds is 5. The van der Waals surface area contributed by atoms with Gasteiger partial charge < -0.3 is 10.2 Å². The minimum atomic E-state index is -3.59. The molecule has 0 atom stereocenters. The SMILES string of the molecule is Cc1ccc(S(=O)(=O)N2CCN(c3c(Cl)cccc3NC(=S)NC(=O)c3cccc4ccccc34)CC2)cc1. The summed E-state index contributed by atoms with van der Waals surface area (Å²) in [5.74, 6) is -0.317. The number of carbonyl (C=O) groups excluding carboxylic acids is 1. The molecule has 0 aliphatic carbocycles. The Kier molecular flexibility index (Phi) is 7.86. The Hall–Kier alpha value is -3.50. The van der Waals surface area contributed by atoms with Crippen molar-refractivity contribution in [2.75, 3.05) is 36.4 Å². The maximum Gasteiger partial charge on any atom is 0.258 e. The van der Waals surface area contributed by atoms with Crippen LogP contribution in [-0.2, 0) is 10.0 Å². The number of fused-ring (bicyclic) bond motifs is 1. The topological polar surface area (TPSA) is 81.8 Å². The molecule has 0 spiro atoms. The highest BCUT2D eigenvalue weighted by Crippen LogP contribution is 2.35. The maximum atomic E-state index is 13.1. The number of piperazine rings is 1. The van der Waals surface area contributed by atoms with Gasteiger partial charge in [-0.15, -0.1) is 0 Å². The molecule has 0 bridgehead atoms. The van der Waals surface area contributed by atoms with Crippen LogP contribution in [0.3, 0.4) is 0 Å². The molecule has 0 saturated carbocycles. The smallest absolute Gasteiger partial charge is 0.258 e. The van der Waals surface area contributed by atoms with Crippen LogP contribution in [0.1, 0.15) is 15.9 Å². The molecule has 4 aromatic rings. The van der Waals surface area contributed by atoms with Crippen molar-refractivity contribution in [3.05, 3.63) is 101 Å². The van der Waals surface area contributed by atoms with Gasteiger partial charge in [-0.3, -0.25) is 10.1 Å². The molecule has 0 radical (unpaired) electrons. The van der Waals surface area contributed by atoms with E-state index in [2.05, 4.69) is 10.6 Å². The van der Waals surface area contributed by atoms with Crippen LogP contribution in [0, 0.1) is 6.92 Å². The van der Waals surface area contributed by atoms with Gasteiger partial charge in [-0.05, 0) is 60.2 Å². The first kappa shape index (κ1) is 27.1. The molecule has 1 fully saturated rings. The standard InChI is InChI=1S/C29H27ClN4O3S2/c1-20-12-14-22(15-13-20)39(36,37)34-18-16-33(17-19-34)27-25(30)10-5-11-26(27)31-29(38)32-28(35)24-9-4-7-21-6-2-3-8-23(21)24/h2-15H,16-19H2,1H3,(H2,31,32,35,38). The third kappa shape index (κ3) is 5.77. The van der Waals surface area contributed by atoms with Crippen LogP contribution < -0.4 is 15.5 Å². The number of benzene rings is 4. The number of amides is 1. The fourth-order valence-electron chi connectivity index (χ4n) is 4.70. The number of thiocarbonyl (C=S) groups is 1. The fourth-order valence-corrected chi connectivity index (χ4v) is 6.62. The van der Waals surface area contributed by atoms with Crippen molar-refractivity contribution in [1.82, 2.24) is 9.62 Å². The highest BCUT2D eigenvalue weighted by atomic mass is 35.5. The summed E-state index contributed by atoms with van der Waals surface area (Å²) in [6.45, 7) is 3.43. The quantitative estimate of drug-likeness (QED) is 0.307. The molecule has 0 unspecified atom stereocenters. The number of halogens is 1. The molecule has 1 amide bonds. The zero-order valence-electron chi connectivity index (χ0n) is 21.2. The minimum absolute atomic E-state index is 0.136. The number of nitrogens with one attached hydrogen (secondary N) is 2. The summed E-state index contributed by atoms with van der Waals surface area (Å²) < 4.78 is 27.8. The van der Waals surface area contributed by atoms with Gasteiger partial charge in [0.1, 0.15) is 0 Å². The van der Waals surface area contributed by atoms with Gasteiger partial charge >= 0.3 is 0 Å². The summed E-state index contributed by atoms with van der Waals surface area (Å²) in [6.07, 6.45) is 0. The van der Waals surface area contributed by atoms with Crippen molar-refractivity contribution in [3.63, 3.8) is 0 Å². The predicted molar refractivity (Wildman–Crippen MR) is 161 cm³/mol. The molecule has 5 rings (SSSR count). The Morgan fingerprint density at radius 2 is 1.54 bits per heavy atom. The summed E-state index contributed by atoms with van der Waals surface area (Å²) in [5, 5.41) is 8.31. The third-order valence-corrected chi connectivity index (χ3v) is 9.13. The molecule has 200 valence electrons. The summed E-state index contributed by atoms with van der Waals surface area (Å²) in [6, 6.07) is 25.5. The predicted octanol–water partition coefficient (Wildman–Crippen LogP) is 5.44. The summed E-state index contributed by atoms with van der Waals surface area (Å²) in [4.78, 5) is 15.4. The minimum Gasteiger partial charge on any atom is -0.366 e. The van der Waals surface area contributed by atoms with Crippen LogP contribution >= 0.6 is 23.8 Å².